The number of anilines is 2. The Hall–Kier alpha value is -3.40. The summed E-state index contributed by atoms with van der Waals surface area (Å²) >= 11 is 0. The summed E-state index contributed by atoms with van der Waals surface area (Å²) in [5, 5.41) is 12.3. The predicted molar refractivity (Wildman–Crippen MR) is 135 cm³/mol. The molecule has 0 radical (unpaired) electrons. The number of hydrogen-bond donors (Lipinski definition) is 1. The molecular weight excluding hydrogens is 483 g/mol. The van der Waals surface area contributed by atoms with Crippen molar-refractivity contribution in [2.75, 3.05) is 49.6 Å². The highest BCUT2D eigenvalue weighted by atomic mass is 19.3. The van der Waals surface area contributed by atoms with Crippen LogP contribution >= 0.6 is 0 Å². The maximum atomic E-state index is 14.7. The molecule has 37 heavy (non-hydrogen) atoms. The molecule has 2 fully saturated rings. The van der Waals surface area contributed by atoms with Crippen LogP contribution in [-0.2, 0) is 9.53 Å². The van der Waals surface area contributed by atoms with Crippen LogP contribution in [-0.4, -0.2) is 60.4 Å². The second kappa shape index (κ2) is 10.9. The summed E-state index contributed by atoms with van der Waals surface area (Å²) in [7, 11) is 0. The van der Waals surface area contributed by atoms with Gasteiger partial charge in [0, 0.05) is 61.9 Å². The molecule has 3 aromatic rings. The van der Waals surface area contributed by atoms with Gasteiger partial charge in [-0.25, -0.2) is 13.2 Å². The number of aromatic nitrogens is 2. The number of carbonyl (C=O) groups is 1. The van der Waals surface area contributed by atoms with Gasteiger partial charge in [0.05, 0.1) is 29.0 Å². The molecule has 1 N–H and O–H groups in total. The zero-order valence-electron chi connectivity index (χ0n) is 20.7. The third-order valence-corrected chi connectivity index (χ3v) is 7.28. The van der Waals surface area contributed by atoms with E-state index in [1.54, 1.807) is 13.1 Å². The van der Waals surface area contributed by atoms with Crippen molar-refractivity contribution < 1.29 is 22.7 Å². The third kappa shape index (κ3) is 5.34. The first kappa shape index (κ1) is 25.3. The van der Waals surface area contributed by atoms with E-state index in [-0.39, 0.29) is 17.4 Å². The van der Waals surface area contributed by atoms with Crippen LogP contribution in [0, 0.1) is 11.7 Å². The first-order valence-electron chi connectivity index (χ1n) is 12.6. The van der Waals surface area contributed by atoms with Crippen LogP contribution in [0.1, 0.15) is 43.4 Å². The first-order chi connectivity index (χ1) is 17.9. The quantitative estimate of drug-likeness (QED) is 0.503. The molecule has 196 valence electrons. The molecule has 0 bridgehead atoms. The van der Waals surface area contributed by atoms with Crippen LogP contribution in [0.3, 0.4) is 0 Å². The molecule has 5 rings (SSSR count). The molecule has 0 saturated carbocycles. The van der Waals surface area contributed by atoms with Crippen LogP contribution < -0.4 is 10.2 Å². The van der Waals surface area contributed by atoms with Gasteiger partial charge in [0.15, 0.2) is 0 Å². The summed E-state index contributed by atoms with van der Waals surface area (Å²) in [6.45, 7) is 5.76. The van der Waals surface area contributed by atoms with Gasteiger partial charge >= 0.3 is 0 Å². The second-order valence-electron chi connectivity index (χ2n) is 9.58. The van der Waals surface area contributed by atoms with Gasteiger partial charge in [-0.3, -0.25) is 4.79 Å². The van der Waals surface area contributed by atoms with E-state index in [1.165, 1.54) is 12.1 Å². The van der Waals surface area contributed by atoms with E-state index in [0.29, 0.717) is 50.6 Å². The minimum atomic E-state index is -2.88. The molecule has 10 heteroatoms. The Morgan fingerprint density at radius 1 is 1.08 bits per heavy atom. The fourth-order valence-corrected chi connectivity index (χ4v) is 5.13. The second-order valence-corrected chi connectivity index (χ2v) is 9.58. The van der Waals surface area contributed by atoms with E-state index in [9.17, 15) is 18.0 Å². The molecule has 1 amide bonds. The van der Waals surface area contributed by atoms with Crippen molar-refractivity contribution in [2.24, 2.45) is 5.92 Å². The smallest absolute Gasteiger partial charge is 0.266 e. The first-order valence-corrected chi connectivity index (χ1v) is 12.6. The van der Waals surface area contributed by atoms with Gasteiger partial charge in [0.1, 0.15) is 5.82 Å². The van der Waals surface area contributed by atoms with Gasteiger partial charge in [0.2, 0.25) is 5.91 Å². The number of amides is 1. The largest absolute Gasteiger partial charge is 0.381 e. The van der Waals surface area contributed by atoms with Crippen LogP contribution in [0.5, 0.6) is 0 Å². The van der Waals surface area contributed by atoms with Crippen molar-refractivity contribution in [2.45, 2.75) is 32.2 Å². The fourth-order valence-electron chi connectivity index (χ4n) is 5.13. The molecule has 1 atom stereocenters. The summed E-state index contributed by atoms with van der Waals surface area (Å²) in [4.78, 5) is 17.1. The normalized spacial score (nSPS) is 17.9. The van der Waals surface area contributed by atoms with E-state index < -0.39 is 23.8 Å². The highest BCUT2D eigenvalue weighted by Crippen LogP contribution is 2.32. The van der Waals surface area contributed by atoms with Gasteiger partial charge in [0.25, 0.3) is 6.43 Å². The summed E-state index contributed by atoms with van der Waals surface area (Å²) in [5.74, 6) is -0.626. The molecule has 2 aliphatic heterocycles. The van der Waals surface area contributed by atoms with E-state index in [4.69, 9.17) is 4.74 Å². The Morgan fingerprint density at radius 2 is 1.81 bits per heavy atom. The lowest BCUT2D eigenvalue weighted by atomic mass is 9.98. The number of carbonyl (C=O) groups excluding carboxylic acids is 1. The van der Waals surface area contributed by atoms with Crippen LogP contribution in [0.2, 0.25) is 0 Å². The number of nitrogens with zero attached hydrogens (tertiary/aromatic N) is 4. The summed E-state index contributed by atoms with van der Waals surface area (Å²) in [5.41, 5.74) is 1.83. The van der Waals surface area contributed by atoms with E-state index >= 15 is 0 Å². The molecule has 0 aliphatic carbocycles. The van der Waals surface area contributed by atoms with Gasteiger partial charge in [-0.05, 0) is 38.0 Å². The predicted octanol–water partition coefficient (Wildman–Crippen LogP) is 4.95. The number of hydrogen-bond acceptors (Lipinski definition) is 6. The Balaban J connectivity index is 1.31. The average Bonchev–Trinajstić information content (AvgIpc) is 2.93. The zero-order chi connectivity index (χ0) is 25.9. The number of benzene rings is 2. The van der Waals surface area contributed by atoms with Crippen LogP contribution in [0.15, 0.2) is 42.6 Å². The lowest BCUT2D eigenvalue weighted by Crippen LogP contribution is -2.51. The Labute approximate surface area is 213 Å². The van der Waals surface area contributed by atoms with Crippen molar-refractivity contribution >= 4 is 28.2 Å². The molecule has 2 aliphatic rings. The number of nitrogens with one attached hydrogen (secondary N) is 1. The standard InChI is InChI=1S/C27H30F3N5O2/c1-17(20-3-2-4-21(25(20)28)26(29)30)32-24-16-31-33-23-6-5-19(15-22(23)24)34-9-11-35(12-10-34)27(36)18-7-13-37-14-8-18/h2-6,15-18,26H,7-14H2,1H3,(H,32,33)/t17-/m1/s1. The molecule has 7 nitrogen and oxygen atoms in total. The SMILES string of the molecule is C[C@@H](Nc1cnnc2ccc(N3CCN(C(=O)C4CCOCC4)CC3)cc12)c1cccc(C(F)F)c1F. The van der Waals surface area contributed by atoms with Gasteiger partial charge in [-0.1, -0.05) is 18.2 Å². The minimum absolute atomic E-state index is 0.0568. The summed E-state index contributed by atoms with van der Waals surface area (Å²) in [6.07, 6.45) is 0.248. The van der Waals surface area contributed by atoms with Crippen molar-refractivity contribution in [3.05, 3.63) is 59.5 Å². The topological polar surface area (TPSA) is 70.6 Å². The van der Waals surface area contributed by atoms with Crippen molar-refractivity contribution in [3.8, 4) is 0 Å². The molecule has 1 aromatic heterocycles. The van der Waals surface area contributed by atoms with Gasteiger partial charge < -0.3 is 19.9 Å². The lowest BCUT2D eigenvalue weighted by Gasteiger charge is -2.38. The Morgan fingerprint density at radius 3 is 2.54 bits per heavy atom. The van der Waals surface area contributed by atoms with Crippen molar-refractivity contribution in [1.82, 2.24) is 15.1 Å². The zero-order valence-corrected chi connectivity index (χ0v) is 20.7. The fraction of sp³-hybridized carbons (Fsp3) is 0.444. The van der Waals surface area contributed by atoms with Gasteiger partial charge in [-0.15, -0.1) is 0 Å². The number of halogens is 3. The van der Waals surface area contributed by atoms with E-state index in [1.807, 2.05) is 23.1 Å². The number of rotatable bonds is 6. The number of fused-ring (bicyclic) bond motifs is 1. The van der Waals surface area contributed by atoms with Crippen LogP contribution in [0.4, 0.5) is 24.5 Å². The highest BCUT2D eigenvalue weighted by Gasteiger charge is 2.29. The number of ether oxygens (including phenoxy) is 1. The minimum Gasteiger partial charge on any atom is -0.381 e. The van der Waals surface area contributed by atoms with Crippen molar-refractivity contribution in [3.63, 3.8) is 0 Å². The molecular formula is C27H30F3N5O2. The third-order valence-electron chi connectivity index (χ3n) is 7.28. The monoisotopic (exact) mass is 513 g/mol. The maximum absolute atomic E-state index is 14.7. The highest BCUT2D eigenvalue weighted by molar-refractivity contribution is 5.93. The summed E-state index contributed by atoms with van der Waals surface area (Å²) in [6, 6.07) is 9.32. The molecule has 3 heterocycles. The number of alkyl halides is 2. The van der Waals surface area contributed by atoms with Crippen molar-refractivity contribution in [1.29, 1.82) is 0 Å². The molecule has 2 saturated heterocycles. The van der Waals surface area contributed by atoms with E-state index in [0.717, 1.165) is 30.0 Å². The average molecular weight is 514 g/mol. The number of piperazine rings is 1. The van der Waals surface area contributed by atoms with Gasteiger partial charge in [-0.2, -0.15) is 10.2 Å². The maximum Gasteiger partial charge on any atom is 0.266 e. The lowest BCUT2D eigenvalue weighted by molar-refractivity contribution is -0.138. The molecule has 0 spiro atoms. The van der Waals surface area contributed by atoms with E-state index in [2.05, 4.69) is 20.4 Å². The Kier molecular flexibility index (Phi) is 7.45. The Bertz CT molecular complexity index is 1260. The molecule has 2 aromatic carbocycles. The summed E-state index contributed by atoms with van der Waals surface area (Å²) < 4.78 is 46.5. The molecule has 0 unspecified atom stereocenters. The van der Waals surface area contributed by atoms with Crippen LogP contribution in [0.25, 0.3) is 10.9 Å².